The quantitative estimate of drug-likeness (QED) is 0.788. The minimum atomic E-state index is 0.222. The van der Waals surface area contributed by atoms with Gasteiger partial charge in [-0.05, 0) is 47.9 Å². The van der Waals surface area contributed by atoms with Crippen LogP contribution >= 0.6 is 22.9 Å². The Morgan fingerprint density at radius 2 is 2.26 bits per heavy atom. The summed E-state index contributed by atoms with van der Waals surface area (Å²) in [6.45, 7) is 2.14. The van der Waals surface area contributed by atoms with Crippen molar-refractivity contribution in [2.24, 2.45) is 0 Å². The Morgan fingerprint density at radius 3 is 3.00 bits per heavy atom. The molecule has 0 amide bonds. The lowest BCUT2D eigenvalue weighted by molar-refractivity contribution is 0.567. The zero-order chi connectivity index (χ0) is 13.4. The van der Waals surface area contributed by atoms with E-state index in [1.54, 1.807) is 11.3 Å². The van der Waals surface area contributed by atoms with Gasteiger partial charge in [0, 0.05) is 6.04 Å². The number of rotatable bonds is 3. The van der Waals surface area contributed by atoms with Crippen molar-refractivity contribution in [2.45, 2.75) is 19.4 Å². The zero-order valence-corrected chi connectivity index (χ0v) is 12.1. The third-order valence-electron chi connectivity index (χ3n) is 3.24. The minimum Gasteiger partial charge on any atom is -0.369 e. The summed E-state index contributed by atoms with van der Waals surface area (Å²) in [7, 11) is 0. The summed E-state index contributed by atoms with van der Waals surface area (Å²) in [5.41, 5.74) is 9.13. The van der Waals surface area contributed by atoms with Gasteiger partial charge in [0.1, 0.15) is 0 Å². The van der Waals surface area contributed by atoms with Gasteiger partial charge in [0.2, 0.25) is 5.95 Å². The van der Waals surface area contributed by atoms with Crippen LogP contribution < -0.4 is 5.73 Å². The molecule has 1 unspecified atom stereocenters. The molecule has 98 valence electrons. The van der Waals surface area contributed by atoms with Gasteiger partial charge in [-0.2, -0.15) is 11.3 Å². The Labute approximate surface area is 120 Å². The molecule has 2 N–H and O–H groups in total. The molecule has 2 aromatic heterocycles. The highest BCUT2D eigenvalue weighted by Gasteiger charge is 2.16. The molecule has 3 rings (SSSR count). The summed E-state index contributed by atoms with van der Waals surface area (Å²) in [6, 6.07) is 8.06. The van der Waals surface area contributed by atoms with Gasteiger partial charge < -0.3 is 10.3 Å². The second kappa shape index (κ2) is 4.87. The van der Waals surface area contributed by atoms with E-state index < -0.39 is 0 Å². The molecule has 0 aliphatic heterocycles. The fourth-order valence-corrected chi connectivity index (χ4v) is 3.35. The number of nitrogen functional groups attached to an aromatic ring is 1. The van der Waals surface area contributed by atoms with Crippen LogP contribution in [0.15, 0.2) is 35.0 Å². The largest absolute Gasteiger partial charge is 0.369 e. The van der Waals surface area contributed by atoms with Crippen molar-refractivity contribution in [2.75, 3.05) is 5.73 Å². The SMILES string of the molecule is CC(Cc1ccsc1)n1c(N)nc2cccc(Cl)c21. The fraction of sp³-hybridized carbons (Fsp3) is 0.214. The lowest BCUT2D eigenvalue weighted by Gasteiger charge is -2.16. The highest BCUT2D eigenvalue weighted by atomic mass is 35.5. The van der Waals surface area contributed by atoms with Crippen LogP contribution in [0.1, 0.15) is 18.5 Å². The Kier molecular flexibility index (Phi) is 3.21. The number of hydrogen-bond donors (Lipinski definition) is 1. The molecule has 0 bridgehead atoms. The first-order valence-corrected chi connectivity index (χ1v) is 7.42. The van der Waals surface area contributed by atoms with E-state index in [2.05, 4.69) is 28.7 Å². The summed E-state index contributed by atoms with van der Waals surface area (Å²) in [4.78, 5) is 4.38. The molecule has 0 aliphatic carbocycles. The number of thiophene rings is 1. The second-order valence-corrected chi connectivity index (χ2v) is 5.82. The predicted octanol–water partition coefficient (Wildman–Crippen LogP) is 4.14. The number of para-hydroxylation sites is 1. The maximum atomic E-state index is 6.29. The van der Waals surface area contributed by atoms with E-state index in [-0.39, 0.29) is 6.04 Å². The van der Waals surface area contributed by atoms with Crippen LogP contribution in [0.4, 0.5) is 5.95 Å². The molecule has 1 aromatic carbocycles. The van der Waals surface area contributed by atoms with E-state index in [4.69, 9.17) is 17.3 Å². The molecular weight excluding hydrogens is 278 g/mol. The third kappa shape index (κ3) is 2.22. The Balaban J connectivity index is 2.06. The summed E-state index contributed by atoms with van der Waals surface area (Å²) < 4.78 is 2.02. The fourth-order valence-electron chi connectivity index (χ4n) is 2.41. The predicted molar refractivity (Wildman–Crippen MR) is 81.9 cm³/mol. The third-order valence-corrected chi connectivity index (χ3v) is 4.28. The first-order chi connectivity index (χ1) is 9.16. The topological polar surface area (TPSA) is 43.8 Å². The molecule has 3 aromatic rings. The van der Waals surface area contributed by atoms with E-state index in [1.807, 2.05) is 22.8 Å². The summed E-state index contributed by atoms with van der Waals surface area (Å²) in [6.07, 6.45) is 0.921. The lowest BCUT2D eigenvalue weighted by Crippen LogP contribution is -2.11. The molecule has 2 heterocycles. The summed E-state index contributed by atoms with van der Waals surface area (Å²) in [5.74, 6) is 0.519. The molecule has 0 saturated carbocycles. The standard InChI is InChI=1S/C14H14ClN3S/c1-9(7-10-5-6-19-8-10)18-13-11(15)3-2-4-12(13)17-14(18)16/h2-6,8-9H,7H2,1H3,(H2,16,17). The Morgan fingerprint density at radius 1 is 1.42 bits per heavy atom. The van der Waals surface area contributed by atoms with Gasteiger partial charge in [-0.3, -0.25) is 0 Å². The molecule has 0 saturated heterocycles. The molecule has 0 radical (unpaired) electrons. The van der Waals surface area contributed by atoms with E-state index in [1.165, 1.54) is 5.56 Å². The number of anilines is 1. The van der Waals surface area contributed by atoms with Crippen LogP contribution in [0.3, 0.4) is 0 Å². The van der Waals surface area contributed by atoms with Gasteiger partial charge in [0.25, 0.3) is 0 Å². The maximum absolute atomic E-state index is 6.29. The van der Waals surface area contributed by atoms with Gasteiger partial charge in [-0.25, -0.2) is 4.98 Å². The normalized spacial score (nSPS) is 12.9. The van der Waals surface area contributed by atoms with Crippen LogP contribution in [-0.2, 0) is 6.42 Å². The van der Waals surface area contributed by atoms with Gasteiger partial charge >= 0.3 is 0 Å². The minimum absolute atomic E-state index is 0.222. The molecule has 1 atom stereocenters. The van der Waals surface area contributed by atoms with Crippen molar-refractivity contribution in [1.82, 2.24) is 9.55 Å². The number of imidazole rings is 1. The van der Waals surface area contributed by atoms with Crippen LogP contribution in [-0.4, -0.2) is 9.55 Å². The van der Waals surface area contributed by atoms with E-state index >= 15 is 0 Å². The number of fused-ring (bicyclic) bond motifs is 1. The average Bonchev–Trinajstić information content (AvgIpc) is 2.96. The first kappa shape index (κ1) is 12.5. The number of aromatic nitrogens is 2. The summed E-state index contributed by atoms with van der Waals surface area (Å²) >= 11 is 7.99. The highest BCUT2D eigenvalue weighted by Crippen LogP contribution is 2.30. The number of nitrogens with zero attached hydrogens (tertiary/aromatic N) is 2. The van der Waals surface area contributed by atoms with Gasteiger partial charge in [-0.1, -0.05) is 17.7 Å². The van der Waals surface area contributed by atoms with Crippen LogP contribution in [0.5, 0.6) is 0 Å². The average molecular weight is 292 g/mol. The second-order valence-electron chi connectivity index (χ2n) is 4.63. The number of benzene rings is 1. The molecule has 0 spiro atoms. The van der Waals surface area contributed by atoms with Gasteiger partial charge in [0.15, 0.2) is 0 Å². The van der Waals surface area contributed by atoms with Gasteiger partial charge in [0.05, 0.1) is 16.1 Å². The molecule has 0 aliphatic rings. The first-order valence-electron chi connectivity index (χ1n) is 6.10. The van der Waals surface area contributed by atoms with Crippen molar-refractivity contribution >= 4 is 39.9 Å². The lowest BCUT2D eigenvalue weighted by atomic mass is 10.1. The molecule has 5 heteroatoms. The van der Waals surface area contributed by atoms with Crippen LogP contribution in [0.2, 0.25) is 5.02 Å². The number of nitrogens with two attached hydrogens (primary N) is 1. The maximum Gasteiger partial charge on any atom is 0.201 e. The monoisotopic (exact) mass is 291 g/mol. The Hall–Kier alpha value is -1.52. The van der Waals surface area contributed by atoms with Crippen molar-refractivity contribution in [3.05, 3.63) is 45.6 Å². The molecular formula is C14H14ClN3S. The van der Waals surface area contributed by atoms with Gasteiger partial charge in [-0.15, -0.1) is 0 Å². The smallest absolute Gasteiger partial charge is 0.201 e. The zero-order valence-electron chi connectivity index (χ0n) is 10.5. The number of halogens is 1. The van der Waals surface area contributed by atoms with E-state index in [9.17, 15) is 0 Å². The number of hydrogen-bond acceptors (Lipinski definition) is 3. The Bertz CT molecular complexity index is 703. The van der Waals surface area contributed by atoms with E-state index in [0.29, 0.717) is 11.0 Å². The van der Waals surface area contributed by atoms with Crippen LogP contribution in [0.25, 0.3) is 11.0 Å². The molecule has 19 heavy (non-hydrogen) atoms. The van der Waals surface area contributed by atoms with Crippen molar-refractivity contribution in [3.63, 3.8) is 0 Å². The summed E-state index contributed by atoms with van der Waals surface area (Å²) in [5, 5.41) is 4.94. The van der Waals surface area contributed by atoms with E-state index in [0.717, 1.165) is 17.5 Å². The van der Waals surface area contributed by atoms with Crippen LogP contribution in [0, 0.1) is 0 Å². The highest BCUT2D eigenvalue weighted by molar-refractivity contribution is 7.07. The molecule has 3 nitrogen and oxygen atoms in total. The van der Waals surface area contributed by atoms with Crippen molar-refractivity contribution in [1.29, 1.82) is 0 Å². The molecule has 0 fully saturated rings. The van der Waals surface area contributed by atoms with Crippen molar-refractivity contribution < 1.29 is 0 Å². The van der Waals surface area contributed by atoms with Crippen molar-refractivity contribution in [3.8, 4) is 0 Å².